The van der Waals surface area contributed by atoms with E-state index in [1.54, 1.807) is 20.8 Å². The van der Waals surface area contributed by atoms with Crippen molar-refractivity contribution in [3.05, 3.63) is 12.7 Å². The molecule has 10 heteroatoms. The van der Waals surface area contributed by atoms with Crippen LogP contribution in [0.1, 0.15) is 34.6 Å². The Morgan fingerprint density at radius 3 is 2.50 bits per heavy atom. The summed E-state index contributed by atoms with van der Waals surface area (Å²) >= 11 is 0. The Morgan fingerprint density at radius 2 is 1.85 bits per heavy atom. The van der Waals surface area contributed by atoms with Crippen LogP contribution in [0.3, 0.4) is 0 Å². The quantitative estimate of drug-likeness (QED) is 0.668. The first-order valence-corrected chi connectivity index (χ1v) is 8.06. The van der Waals surface area contributed by atoms with Gasteiger partial charge in [-0.3, -0.25) is 9.59 Å². The molecule has 10 nitrogen and oxygen atoms in total. The molecule has 0 bridgehead atoms. The predicted molar refractivity (Wildman–Crippen MR) is 92.9 cm³/mol. The zero-order chi connectivity index (χ0) is 19.5. The number of rotatable bonds is 5. The summed E-state index contributed by atoms with van der Waals surface area (Å²) in [7, 11) is 0. The molecule has 0 saturated carbocycles. The Labute approximate surface area is 150 Å². The Hall–Kier alpha value is -3.04. The highest BCUT2D eigenvalue weighted by atomic mass is 16.5. The van der Waals surface area contributed by atoms with Crippen LogP contribution in [0, 0.1) is 5.41 Å². The molecule has 0 radical (unpaired) electrons. The van der Waals surface area contributed by atoms with Gasteiger partial charge in [-0.15, -0.1) is 0 Å². The molecule has 3 N–H and O–H groups in total. The number of imidazole rings is 1. The van der Waals surface area contributed by atoms with Gasteiger partial charge in [0.2, 0.25) is 5.91 Å². The SMILES string of the molecule is C[C@@H](NC(=O)C(C)(C)C)C(=O)O[C@H](C)C(=O)Nc1ncnc2nc[nH]c12. The summed E-state index contributed by atoms with van der Waals surface area (Å²) in [4.78, 5) is 51.0. The van der Waals surface area contributed by atoms with Crippen molar-refractivity contribution in [2.45, 2.75) is 46.8 Å². The molecule has 2 aromatic heterocycles. The number of carbonyl (C=O) groups excluding carboxylic acids is 3. The number of nitrogens with zero attached hydrogens (tertiary/aromatic N) is 3. The summed E-state index contributed by atoms with van der Waals surface area (Å²) in [6, 6.07) is -0.879. The van der Waals surface area contributed by atoms with Crippen LogP contribution in [0.15, 0.2) is 12.7 Å². The minimum Gasteiger partial charge on any atom is -0.451 e. The molecule has 2 rings (SSSR count). The maximum Gasteiger partial charge on any atom is 0.329 e. The van der Waals surface area contributed by atoms with E-state index < -0.39 is 29.4 Å². The first kappa shape index (κ1) is 19.3. The minimum absolute atomic E-state index is 0.231. The van der Waals surface area contributed by atoms with Crippen molar-refractivity contribution in [3.8, 4) is 0 Å². The van der Waals surface area contributed by atoms with Gasteiger partial charge >= 0.3 is 5.97 Å². The van der Waals surface area contributed by atoms with Crippen LogP contribution in [0.5, 0.6) is 0 Å². The lowest BCUT2D eigenvalue weighted by atomic mass is 9.95. The molecule has 0 aliphatic carbocycles. The van der Waals surface area contributed by atoms with E-state index in [1.807, 2.05) is 0 Å². The Bertz CT molecular complexity index is 825. The Balaban J connectivity index is 1.95. The largest absolute Gasteiger partial charge is 0.451 e. The molecular weight excluding hydrogens is 340 g/mol. The van der Waals surface area contributed by atoms with Gasteiger partial charge < -0.3 is 20.4 Å². The third-order valence-corrected chi connectivity index (χ3v) is 3.51. The monoisotopic (exact) mass is 362 g/mol. The number of aromatic amines is 1. The maximum absolute atomic E-state index is 12.2. The first-order valence-electron chi connectivity index (χ1n) is 8.06. The van der Waals surface area contributed by atoms with E-state index in [0.29, 0.717) is 11.2 Å². The van der Waals surface area contributed by atoms with Crippen molar-refractivity contribution in [3.63, 3.8) is 0 Å². The first-order chi connectivity index (χ1) is 12.1. The third kappa shape index (κ3) is 4.52. The third-order valence-electron chi connectivity index (χ3n) is 3.51. The molecular formula is C16H22N6O4. The van der Waals surface area contributed by atoms with Gasteiger partial charge in [0, 0.05) is 5.41 Å². The number of ether oxygens (including phenoxy) is 1. The van der Waals surface area contributed by atoms with Crippen molar-refractivity contribution in [1.82, 2.24) is 25.3 Å². The van der Waals surface area contributed by atoms with E-state index >= 15 is 0 Å². The molecule has 26 heavy (non-hydrogen) atoms. The minimum atomic E-state index is -1.08. The standard InChI is InChI=1S/C16H22N6O4/c1-8(21-15(25)16(3,4)5)14(24)26-9(2)13(23)22-12-10-11(18-6-17-10)19-7-20-12/h6-9H,1-5H3,(H,21,25)(H2,17,18,19,20,22,23)/t8-,9-/m1/s1. The molecule has 2 aromatic rings. The molecule has 2 atom stereocenters. The number of hydrogen-bond donors (Lipinski definition) is 3. The molecule has 0 unspecified atom stereocenters. The summed E-state index contributed by atoms with van der Waals surface area (Å²) in [6.07, 6.45) is 1.61. The van der Waals surface area contributed by atoms with Crippen LogP contribution < -0.4 is 10.6 Å². The van der Waals surface area contributed by atoms with Crippen LogP contribution >= 0.6 is 0 Å². The van der Waals surface area contributed by atoms with Gasteiger partial charge in [0.15, 0.2) is 17.6 Å². The summed E-state index contributed by atoms with van der Waals surface area (Å²) in [6.45, 7) is 8.11. The van der Waals surface area contributed by atoms with Gasteiger partial charge in [0.25, 0.3) is 5.91 Å². The fourth-order valence-electron chi connectivity index (χ4n) is 1.88. The molecule has 0 spiro atoms. The number of H-pyrrole nitrogens is 1. The average molecular weight is 362 g/mol. The number of nitrogens with one attached hydrogen (secondary N) is 3. The normalized spacial score (nSPS) is 13.7. The molecule has 140 valence electrons. The highest BCUT2D eigenvalue weighted by molar-refractivity contribution is 5.99. The van der Waals surface area contributed by atoms with Gasteiger partial charge in [-0.05, 0) is 13.8 Å². The number of anilines is 1. The van der Waals surface area contributed by atoms with Crippen molar-refractivity contribution >= 4 is 34.8 Å². The molecule has 2 heterocycles. The molecule has 0 fully saturated rings. The summed E-state index contributed by atoms with van der Waals surface area (Å²) in [5, 5.41) is 5.11. The van der Waals surface area contributed by atoms with Crippen LogP contribution in [-0.2, 0) is 19.1 Å². The topological polar surface area (TPSA) is 139 Å². The highest BCUT2D eigenvalue weighted by Crippen LogP contribution is 2.15. The second-order valence-corrected chi connectivity index (χ2v) is 6.84. The van der Waals surface area contributed by atoms with Crippen molar-refractivity contribution in [1.29, 1.82) is 0 Å². The maximum atomic E-state index is 12.2. The number of fused-ring (bicyclic) bond motifs is 1. The number of aromatic nitrogens is 4. The van der Waals surface area contributed by atoms with E-state index in [-0.39, 0.29) is 11.7 Å². The van der Waals surface area contributed by atoms with Crippen LogP contribution in [0.2, 0.25) is 0 Å². The highest BCUT2D eigenvalue weighted by Gasteiger charge is 2.28. The van der Waals surface area contributed by atoms with Crippen LogP contribution in [0.4, 0.5) is 5.82 Å². The molecule has 2 amide bonds. The van der Waals surface area contributed by atoms with E-state index in [2.05, 4.69) is 30.6 Å². The Morgan fingerprint density at radius 1 is 1.15 bits per heavy atom. The fourth-order valence-corrected chi connectivity index (χ4v) is 1.88. The van der Waals surface area contributed by atoms with E-state index in [1.165, 1.54) is 26.5 Å². The predicted octanol–water partition coefficient (Wildman–Crippen LogP) is 0.774. The van der Waals surface area contributed by atoms with Gasteiger partial charge in [-0.25, -0.2) is 19.7 Å². The number of amides is 2. The van der Waals surface area contributed by atoms with Crippen LogP contribution in [-0.4, -0.2) is 49.9 Å². The number of esters is 1. The lowest BCUT2D eigenvalue weighted by Crippen LogP contribution is -2.46. The van der Waals surface area contributed by atoms with Gasteiger partial charge in [0.05, 0.1) is 6.33 Å². The average Bonchev–Trinajstić information content (AvgIpc) is 3.03. The zero-order valence-electron chi connectivity index (χ0n) is 15.3. The molecule has 0 aliphatic rings. The van der Waals surface area contributed by atoms with Crippen molar-refractivity contribution < 1.29 is 19.1 Å². The van der Waals surface area contributed by atoms with Crippen LogP contribution in [0.25, 0.3) is 11.2 Å². The summed E-state index contributed by atoms with van der Waals surface area (Å²) in [5.74, 6) is -1.34. The van der Waals surface area contributed by atoms with Crippen molar-refractivity contribution in [2.75, 3.05) is 5.32 Å². The zero-order valence-corrected chi connectivity index (χ0v) is 15.3. The van der Waals surface area contributed by atoms with Gasteiger partial charge in [-0.2, -0.15) is 0 Å². The molecule has 0 saturated heterocycles. The second kappa shape index (κ2) is 7.46. The summed E-state index contributed by atoms with van der Waals surface area (Å²) < 4.78 is 5.12. The lowest BCUT2D eigenvalue weighted by Gasteiger charge is -2.22. The molecule has 0 aliphatic heterocycles. The smallest absolute Gasteiger partial charge is 0.329 e. The second-order valence-electron chi connectivity index (χ2n) is 6.84. The Kier molecular flexibility index (Phi) is 5.53. The lowest BCUT2D eigenvalue weighted by molar-refractivity contribution is -0.156. The van der Waals surface area contributed by atoms with E-state index in [4.69, 9.17) is 4.74 Å². The van der Waals surface area contributed by atoms with E-state index in [0.717, 1.165) is 0 Å². The summed E-state index contributed by atoms with van der Waals surface area (Å²) in [5.41, 5.74) is 0.226. The fraction of sp³-hybridized carbons (Fsp3) is 0.500. The van der Waals surface area contributed by atoms with Gasteiger partial charge in [-0.1, -0.05) is 20.8 Å². The molecule has 0 aromatic carbocycles. The van der Waals surface area contributed by atoms with Gasteiger partial charge in [0.1, 0.15) is 17.9 Å². The van der Waals surface area contributed by atoms with E-state index in [9.17, 15) is 14.4 Å². The number of hydrogen-bond acceptors (Lipinski definition) is 7. The van der Waals surface area contributed by atoms with Crippen molar-refractivity contribution in [2.24, 2.45) is 5.41 Å². The number of carbonyl (C=O) groups is 3.